The number of carbonyl (C=O) groups excluding carboxylic acids is 2. The molecule has 0 bridgehead atoms. The van der Waals surface area contributed by atoms with E-state index in [1.54, 1.807) is 26.3 Å². The van der Waals surface area contributed by atoms with Gasteiger partial charge in [-0.25, -0.2) is 0 Å². The maximum atomic E-state index is 12.3. The van der Waals surface area contributed by atoms with Crippen molar-refractivity contribution in [3.8, 4) is 5.75 Å². The predicted octanol–water partition coefficient (Wildman–Crippen LogP) is 2.20. The summed E-state index contributed by atoms with van der Waals surface area (Å²) in [7, 11) is 3.22. The van der Waals surface area contributed by atoms with Crippen LogP contribution in [0.15, 0.2) is 53.1 Å². The zero-order chi connectivity index (χ0) is 18.5. The Morgan fingerprint density at radius 3 is 2.77 bits per heavy atom. The first-order valence-corrected chi connectivity index (χ1v) is 7.87. The number of benzene rings is 1. The van der Waals surface area contributed by atoms with Crippen molar-refractivity contribution in [2.24, 2.45) is 7.05 Å². The Labute approximate surface area is 149 Å². The highest BCUT2D eigenvalue weighted by molar-refractivity contribution is 6.02. The summed E-state index contributed by atoms with van der Waals surface area (Å²) in [6.07, 6.45) is 1.41. The Morgan fingerprint density at radius 2 is 2.04 bits per heavy atom. The van der Waals surface area contributed by atoms with Gasteiger partial charge in [0.1, 0.15) is 11.6 Å². The van der Waals surface area contributed by atoms with Crippen LogP contribution in [0.25, 0.3) is 0 Å². The van der Waals surface area contributed by atoms with Gasteiger partial charge in [-0.3, -0.25) is 14.3 Å². The van der Waals surface area contributed by atoms with E-state index in [1.807, 2.05) is 24.3 Å². The van der Waals surface area contributed by atoms with Crippen molar-refractivity contribution < 1.29 is 18.7 Å². The third kappa shape index (κ3) is 3.92. The smallest absolute Gasteiger partial charge is 0.292 e. The van der Waals surface area contributed by atoms with E-state index in [0.29, 0.717) is 12.4 Å². The van der Waals surface area contributed by atoms with Gasteiger partial charge in [-0.05, 0) is 29.8 Å². The molecule has 0 aliphatic rings. The number of nitrogens with one attached hydrogen (secondary N) is 2. The van der Waals surface area contributed by atoms with Crippen LogP contribution in [-0.2, 0) is 13.6 Å². The molecule has 0 saturated carbocycles. The summed E-state index contributed by atoms with van der Waals surface area (Å²) in [5.41, 5.74) is 1.10. The van der Waals surface area contributed by atoms with Crippen molar-refractivity contribution >= 4 is 17.6 Å². The molecule has 2 amide bonds. The van der Waals surface area contributed by atoms with Crippen LogP contribution in [0.1, 0.15) is 26.6 Å². The summed E-state index contributed by atoms with van der Waals surface area (Å²) >= 11 is 0. The molecule has 0 aliphatic heterocycles. The monoisotopic (exact) mass is 354 g/mol. The van der Waals surface area contributed by atoms with Crippen LogP contribution in [0, 0.1) is 0 Å². The average Bonchev–Trinajstić information content (AvgIpc) is 3.30. The number of hydrogen-bond donors (Lipinski definition) is 2. The molecule has 8 nitrogen and oxygen atoms in total. The first-order valence-electron chi connectivity index (χ1n) is 7.87. The van der Waals surface area contributed by atoms with Gasteiger partial charge >= 0.3 is 0 Å². The third-order valence-corrected chi connectivity index (χ3v) is 3.69. The second kappa shape index (κ2) is 7.56. The molecule has 8 heteroatoms. The van der Waals surface area contributed by atoms with Gasteiger partial charge in [-0.15, -0.1) is 0 Å². The Morgan fingerprint density at radius 1 is 1.19 bits per heavy atom. The van der Waals surface area contributed by atoms with E-state index in [1.165, 1.54) is 17.0 Å². The lowest BCUT2D eigenvalue weighted by atomic mass is 10.2. The number of hydrogen-bond acceptors (Lipinski definition) is 5. The molecule has 2 heterocycles. The van der Waals surface area contributed by atoms with Crippen LogP contribution in [-0.4, -0.2) is 28.7 Å². The van der Waals surface area contributed by atoms with Crippen LogP contribution in [0.5, 0.6) is 5.75 Å². The topological polar surface area (TPSA) is 98.4 Å². The van der Waals surface area contributed by atoms with Gasteiger partial charge < -0.3 is 19.8 Å². The number of amides is 2. The Hall–Kier alpha value is -3.55. The zero-order valence-corrected chi connectivity index (χ0v) is 14.4. The summed E-state index contributed by atoms with van der Waals surface area (Å²) in [6.45, 7) is 0.334. The number of ether oxygens (including phenoxy) is 1. The van der Waals surface area contributed by atoms with Gasteiger partial charge in [0, 0.05) is 19.7 Å². The highest BCUT2D eigenvalue weighted by Crippen LogP contribution is 2.14. The first-order chi connectivity index (χ1) is 12.6. The van der Waals surface area contributed by atoms with Crippen molar-refractivity contribution in [1.82, 2.24) is 15.1 Å². The molecule has 0 saturated heterocycles. The summed E-state index contributed by atoms with van der Waals surface area (Å²) < 4.78 is 11.6. The number of anilines is 1. The number of methoxy groups -OCH3 is 1. The lowest BCUT2D eigenvalue weighted by Gasteiger charge is -2.05. The fourth-order valence-corrected chi connectivity index (χ4v) is 2.34. The molecule has 0 unspecified atom stereocenters. The molecule has 134 valence electrons. The van der Waals surface area contributed by atoms with E-state index in [9.17, 15) is 9.59 Å². The summed E-state index contributed by atoms with van der Waals surface area (Å²) in [5.74, 6) is 0.522. The largest absolute Gasteiger partial charge is 0.497 e. The Kier molecular flexibility index (Phi) is 5.02. The molecule has 0 fully saturated rings. The van der Waals surface area contributed by atoms with E-state index in [4.69, 9.17) is 9.15 Å². The lowest BCUT2D eigenvalue weighted by molar-refractivity contribution is 0.0944. The summed E-state index contributed by atoms with van der Waals surface area (Å²) in [5, 5.41) is 9.56. The van der Waals surface area contributed by atoms with E-state index in [-0.39, 0.29) is 17.4 Å². The summed E-state index contributed by atoms with van der Waals surface area (Å²) in [6, 6.07) is 12.1. The minimum atomic E-state index is -0.415. The molecule has 3 aromatic rings. The molecule has 0 aliphatic carbocycles. The van der Waals surface area contributed by atoms with Gasteiger partial charge in [0.2, 0.25) is 0 Å². The quantitative estimate of drug-likeness (QED) is 0.707. The minimum absolute atomic E-state index is 0.176. The molecule has 26 heavy (non-hydrogen) atoms. The van der Waals surface area contributed by atoms with Crippen LogP contribution < -0.4 is 15.4 Å². The van der Waals surface area contributed by atoms with Crippen LogP contribution in [0.2, 0.25) is 0 Å². The maximum absolute atomic E-state index is 12.3. The minimum Gasteiger partial charge on any atom is -0.497 e. The molecular weight excluding hydrogens is 336 g/mol. The Balaban J connectivity index is 1.64. The molecule has 0 atom stereocenters. The van der Waals surface area contributed by atoms with Gasteiger partial charge in [0.05, 0.1) is 13.4 Å². The fourth-order valence-electron chi connectivity index (χ4n) is 2.34. The maximum Gasteiger partial charge on any atom is 0.292 e. The molecule has 2 aromatic heterocycles. The first kappa shape index (κ1) is 17.3. The van der Waals surface area contributed by atoms with E-state index in [2.05, 4.69) is 15.7 Å². The molecular formula is C18H18N4O4. The number of carbonyl (C=O) groups is 2. The number of aryl methyl sites for hydroxylation is 1. The zero-order valence-electron chi connectivity index (χ0n) is 14.4. The number of aromatic nitrogens is 2. The predicted molar refractivity (Wildman–Crippen MR) is 94.0 cm³/mol. The molecule has 2 N–H and O–H groups in total. The molecule has 0 spiro atoms. The van der Waals surface area contributed by atoms with E-state index in [0.717, 1.165) is 11.3 Å². The van der Waals surface area contributed by atoms with Gasteiger partial charge in [0.15, 0.2) is 11.5 Å². The van der Waals surface area contributed by atoms with Crippen molar-refractivity contribution in [3.63, 3.8) is 0 Å². The van der Waals surface area contributed by atoms with Gasteiger partial charge in [-0.1, -0.05) is 12.1 Å². The van der Waals surface area contributed by atoms with Gasteiger partial charge in [0.25, 0.3) is 11.8 Å². The normalized spacial score (nSPS) is 10.4. The molecule has 0 radical (unpaired) electrons. The van der Waals surface area contributed by atoms with Crippen molar-refractivity contribution in [2.45, 2.75) is 6.54 Å². The average molecular weight is 354 g/mol. The highest BCUT2D eigenvalue weighted by atomic mass is 16.5. The third-order valence-electron chi connectivity index (χ3n) is 3.69. The summed E-state index contributed by atoms with van der Waals surface area (Å²) in [4.78, 5) is 24.3. The van der Waals surface area contributed by atoms with Crippen molar-refractivity contribution in [2.75, 3.05) is 12.4 Å². The number of furan rings is 1. The van der Waals surface area contributed by atoms with E-state index < -0.39 is 5.91 Å². The SMILES string of the molecule is COc1cccc(CNC(=O)c2cc(NC(=O)c3ccco3)n(C)n2)c1. The Bertz CT molecular complexity index is 915. The fraction of sp³-hybridized carbons (Fsp3) is 0.167. The highest BCUT2D eigenvalue weighted by Gasteiger charge is 2.16. The molecule has 3 rings (SSSR count). The lowest BCUT2D eigenvalue weighted by Crippen LogP contribution is -2.23. The molecule has 1 aromatic carbocycles. The standard InChI is InChI=1S/C18H18N4O4/c1-22-16(20-18(24)15-7-4-8-26-15)10-14(21-22)17(23)19-11-12-5-3-6-13(9-12)25-2/h3-10H,11H2,1-2H3,(H,19,23)(H,20,24). The van der Waals surface area contributed by atoms with Crippen molar-refractivity contribution in [1.29, 1.82) is 0 Å². The van der Waals surface area contributed by atoms with Gasteiger partial charge in [-0.2, -0.15) is 5.10 Å². The van der Waals surface area contributed by atoms with Crippen LogP contribution in [0.4, 0.5) is 5.82 Å². The second-order valence-corrected chi connectivity index (χ2v) is 5.50. The number of nitrogens with zero attached hydrogens (tertiary/aromatic N) is 2. The van der Waals surface area contributed by atoms with Crippen molar-refractivity contribution in [3.05, 3.63) is 65.7 Å². The number of rotatable bonds is 6. The second-order valence-electron chi connectivity index (χ2n) is 5.50. The van der Waals surface area contributed by atoms with Crippen LogP contribution in [0.3, 0.4) is 0 Å². The van der Waals surface area contributed by atoms with Crippen LogP contribution >= 0.6 is 0 Å². The van der Waals surface area contributed by atoms with E-state index >= 15 is 0 Å².